The summed E-state index contributed by atoms with van der Waals surface area (Å²) in [6.45, 7) is 6.35. The standard InChI is InChI=1S/C22H23ClN4O2S/c1-14(19-15(2)26-21(30-19)16-6-4-3-5-7-16)25-20-18(23)12-17(13-24-20)22(28)27-8-10-29-11-9-27/h3-7,12-14H,8-11H2,1-2H3,(H,24,25). The van der Waals surface area contributed by atoms with Gasteiger partial charge in [-0.2, -0.15) is 0 Å². The summed E-state index contributed by atoms with van der Waals surface area (Å²) in [6.07, 6.45) is 1.58. The first-order valence-corrected chi connectivity index (χ1v) is 11.0. The molecule has 1 fully saturated rings. The number of hydrogen-bond donors (Lipinski definition) is 1. The average molecular weight is 443 g/mol. The van der Waals surface area contributed by atoms with Crippen molar-refractivity contribution >= 4 is 34.7 Å². The second-order valence-electron chi connectivity index (χ2n) is 7.16. The Morgan fingerprint density at radius 2 is 2.00 bits per heavy atom. The third kappa shape index (κ3) is 4.48. The van der Waals surface area contributed by atoms with Crippen molar-refractivity contribution in [1.29, 1.82) is 0 Å². The molecule has 3 aromatic rings. The van der Waals surface area contributed by atoms with Gasteiger partial charge in [-0.25, -0.2) is 9.97 Å². The number of aryl methyl sites for hydroxylation is 1. The van der Waals surface area contributed by atoms with Crippen molar-refractivity contribution < 1.29 is 9.53 Å². The van der Waals surface area contributed by atoms with Gasteiger partial charge >= 0.3 is 0 Å². The highest BCUT2D eigenvalue weighted by Crippen LogP contribution is 2.34. The van der Waals surface area contributed by atoms with E-state index in [4.69, 9.17) is 21.3 Å². The minimum Gasteiger partial charge on any atom is -0.378 e. The summed E-state index contributed by atoms with van der Waals surface area (Å²) in [5.74, 6) is 0.481. The molecule has 1 aliphatic heterocycles. The molecule has 6 nitrogen and oxygen atoms in total. The van der Waals surface area contributed by atoms with Gasteiger partial charge in [-0.3, -0.25) is 4.79 Å². The number of ether oxygens (including phenoxy) is 1. The zero-order valence-electron chi connectivity index (χ0n) is 16.9. The van der Waals surface area contributed by atoms with E-state index in [-0.39, 0.29) is 11.9 Å². The second-order valence-corrected chi connectivity index (χ2v) is 8.60. The summed E-state index contributed by atoms with van der Waals surface area (Å²) >= 11 is 8.11. The van der Waals surface area contributed by atoms with Crippen LogP contribution in [0.2, 0.25) is 5.02 Å². The van der Waals surface area contributed by atoms with Crippen molar-refractivity contribution in [3.05, 3.63) is 63.8 Å². The summed E-state index contributed by atoms with van der Waals surface area (Å²) in [6, 6.07) is 11.8. The van der Waals surface area contributed by atoms with Gasteiger partial charge in [-0.1, -0.05) is 41.9 Å². The molecule has 30 heavy (non-hydrogen) atoms. The van der Waals surface area contributed by atoms with E-state index in [1.807, 2.05) is 25.1 Å². The molecule has 1 unspecified atom stereocenters. The smallest absolute Gasteiger partial charge is 0.255 e. The fraction of sp³-hybridized carbons (Fsp3) is 0.318. The predicted octanol–water partition coefficient (Wildman–Crippen LogP) is 4.81. The molecule has 0 aliphatic carbocycles. The van der Waals surface area contributed by atoms with Gasteiger partial charge in [-0.05, 0) is 19.9 Å². The highest BCUT2D eigenvalue weighted by atomic mass is 35.5. The van der Waals surface area contributed by atoms with Gasteiger partial charge in [0, 0.05) is 29.7 Å². The summed E-state index contributed by atoms with van der Waals surface area (Å²) in [4.78, 5) is 24.7. The topological polar surface area (TPSA) is 67.4 Å². The van der Waals surface area contributed by atoms with Gasteiger partial charge < -0.3 is 15.0 Å². The van der Waals surface area contributed by atoms with Crippen LogP contribution in [0, 0.1) is 6.92 Å². The summed E-state index contributed by atoms with van der Waals surface area (Å²) in [5, 5.41) is 4.77. The normalized spacial score (nSPS) is 15.1. The maximum Gasteiger partial charge on any atom is 0.255 e. The number of hydrogen-bond acceptors (Lipinski definition) is 6. The van der Waals surface area contributed by atoms with Crippen LogP contribution in [0.15, 0.2) is 42.6 Å². The Balaban J connectivity index is 1.49. The van der Waals surface area contributed by atoms with Crippen LogP contribution in [0.5, 0.6) is 0 Å². The number of carbonyl (C=O) groups is 1. The number of nitrogens with one attached hydrogen (secondary N) is 1. The monoisotopic (exact) mass is 442 g/mol. The maximum atomic E-state index is 12.6. The molecule has 0 radical (unpaired) electrons. The van der Waals surface area contributed by atoms with Crippen molar-refractivity contribution in [2.75, 3.05) is 31.6 Å². The number of benzene rings is 1. The predicted molar refractivity (Wildman–Crippen MR) is 120 cm³/mol. The number of morpholine rings is 1. The fourth-order valence-corrected chi connectivity index (χ4v) is 4.69. The van der Waals surface area contributed by atoms with E-state index < -0.39 is 0 Å². The van der Waals surface area contributed by atoms with Crippen LogP contribution in [0.4, 0.5) is 5.82 Å². The molecule has 2 aromatic heterocycles. The summed E-state index contributed by atoms with van der Waals surface area (Å²) in [5.41, 5.74) is 2.57. The van der Waals surface area contributed by atoms with Gasteiger partial charge in [0.2, 0.25) is 0 Å². The summed E-state index contributed by atoms with van der Waals surface area (Å²) in [7, 11) is 0. The molecule has 1 N–H and O–H groups in total. The first kappa shape index (κ1) is 20.8. The minimum absolute atomic E-state index is 0.0224. The fourth-order valence-electron chi connectivity index (χ4n) is 3.39. The molecule has 0 saturated carbocycles. The quantitative estimate of drug-likeness (QED) is 0.614. The number of aromatic nitrogens is 2. The Morgan fingerprint density at radius 3 is 2.70 bits per heavy atom. The zero-order chi connectivity index (χ0) is 21.1. The third-order valence-electron chi connectivity index (χ3n) is 4.99. The molecular weight excluding hydrogens is 420 g/mol. The van der Waals surface area contributed by atoms with E-state index in [0.29, 0.717) is 42.7 Å². The van der Waals surface area contributed by atoms with Crippen molar-refractivity contribution in [2.24, 2.45) is 0 Å². The molecule has 8 heteroatoms. The average Bonchev–Trinajstić information content (AvgIpc) is 3.17. The molecular formula is C22H23ClN4O2S. The Labute approximate surface area is 184 Å². The van der Waals surface area contributed by atoms with Gasteiger partial charge in [0.1, 0.15) is 10.8 Å². The van der Waals surface area contributed by atoms with E-state index in [2.05, 4.69) is 29.4 Å². The number of nitrogens with zero attached hydrogens (tertiary/aromatic N) is 3. The van der Waals surface area contributed by atoms with Crippen LogP contribution in [-0.2, 0) is 4.74 Å². The number of amides is 1. The lowest BCUT2D eigenvalue weighted by Gasteiger charge is -2.27. The number of rotatable bonds is 5. The first-order chi connectivity index (χ1) is 14.5. The molecule has 3 heterocycles. The van der Waals surface area contributed by atoms with Gasteiger partial charge in [0.25, 0.3) is 5.91 Å². The van der Waals surface area contributed by atoms with Crippen LogP contribution in [0.25, 0.3) is 10.6 Å². The zero-order valence-corrected chi connectivity index (χ0v) is 18.5. The lowest BCUT2D eigenvalue weighted by atomic mass is 10.2. The first-order valence-electron chi connectivity index (χ1n) is 9.85. The van der Waals surface area contributed by atoms with Crippen LogP contribution in [0.3, 0.4) is 0 Å². The SMILES string of the molecule is Cc1nc(-c2ccccc2)sc1C(C)Nc1ncc(C(=O)N2CCOCC2)cc1Cl. The number of thiazole rings is 1. The second kappa shape index (κ2) is 9.12. The Hall–Kier alpha value is -2.48. The molecule has 1 aliphatic rings. The molecule has 156 valence electrons. The highest BCUT2D eigenvalue weighted by Gasteiger charge is 2.21. The van der Waals surface area contributed by atoms with Crippen LogP contribution >= 0.6 is 22.9 Å². The van der Waals surface area contributed by atoms with Crippen LogP contribution in [0.1, 0.15) is 33.9 Å². The van der Waals surface area contributed by atoms with Crippen LogP contribution < -0.4 is 5.32 Å². The van der Waals surface area contributed by atoms with Gasteiger partial charge in [-0.15, -0.1) is 11.3 Å². The van der Waals surface area contributed by atoms with Crippen molar-refractivity contribution in [1.82, 2.24) is 14.9 Å². The highest BCUT2D eigenvalue weighted by molar-refractivity contribution is 7.15. The minimum atomic E-state index is -0.0712. The Kier molecular flexibility index (Phi) is 6.32. The van der Waals surface area contributed by atoms with E-state index in [1.165, 1.54) is 0 Å². The lowest BCUT2D eigenvalue weighted by Crippen LogP contribution is -2.40. The Bertz CT molecular complexity index is 1030. The van der Waals surface area contributed by atoms with Gasteiger partial charge in [0.05, 0.1) is 35.5 Å². The van der Waals surface area contributed by atoms with Crippen molar-refractivity contribution in [2.45, 2.75) is 19.9 Å². The molecule has 4 rings (SSSR count). The number of anilines is 1. The molecule has 0 spiro atoms. The van der Waals surface area contributed by atoms with Crippen molar-refractivity contribution in [3.8, 4) is 10.6 Å². The molecule has 1 saturated heterocycles. The lowest BCUT2D eigenvalue weighted by molar-refractivity contribution is 0.0302. The molecule has 1 amide bonds. The Morgan fingerprint density at radius 1 is 1.27 bits per heavy atom. The van der Waals surface area contributed by atoms with Crippen molar-refractivity contribution in [3.63, 3.8) is 0 Å². The molecule has 1 aromatic carbocycles. The maximum absolute atomic E-state index is 12.6. The largest absolute Gasteiger partial charge is 0.378 e. The van der Waals surface area contributed by atoms with Gasteiger partial charge in [0.15, 0.2) is 0 Å². The van der Waals surface area contributed by atoms with E-state index >= 15 is 0 Å². The third-order valence-corrected chi connectivity index (χ3v) is 6.66. The number of pyridine rings is 1. The molecule has 1 atom stereocenters. The van der Waals surface area contributed by atoms with E-state index in [0.717, 1.165) is 21.1 Å². The number of carbonyl (C=O) groups excluding carboxylic acids is 1. The van der Waals surface area contributed by atoms with Crippen LogP contribution in [-0.4, -0.2) is 47.1 Å². The van der Waals surface area contributed by atoms with E-state index in [1.54, 1.807) is 28.5 Å². The number of halogens is 1. The molecule has 0 bridgehead atoms. The summed E-state index contributed by atoms with van der Waals surface area (Å²) < 4.78 is 5.30. The van der Waals surface area contributed by atoms with E-state index in [9.17, 15) is 4.79 Å².